The van der Waals surface area contributed by atoms with Crippen molar-refractivity contribution < 1.29 is 44.3 Å². The molecule has 1 heterocycles. The molecule has 0 saturated carbocycles. The Bertz CT molecular complexity index is 864. The first-order valence-corrected chi connectivity index (χ1v) is 8.51. The second-order valence-electron chi connectivity index (χ2n) is 5.22. The molecule has 0 saturated heterocycles. The molecule has 0 aliphatic heterocycles. The Hall–Kier alpha value is -1.83. The normalized spacial score (nSPS) is 13.5. The molecule has 0 aliphatic rings. The standard InChI is InChI=1S/C14H6BrF9N2OS/c15-7-3-1-6(2-4-7)8-5-28-10(25-8)26-9(27)11(16,17)12(18,19)13(20,21)14(22,23)24/h1-5H,(H,25,26,27). The molecule has 1 N–H and O–H groups in total. The third kappa shape index (κ3) is 3.83. The van der Waals surface area contributed by atoms with Crippen LogP contribution in [0.1, 0.15) is 0 Å². The van der Waals surface area contributed by atoms with Crippen LogP contribution in [0, 0.1) is 0 Å². The minimum Gasteiger partial charge on any atom is -0.296 e. The van der Waals surface area contributed by atoms with E-state index in [-0.39, 0.29) is 5.69 Å². The van der Waals surface area contributed by atoms with Crippen LogP contribution in [0.15, 0.2) is 34.1 Å². The van der Waals surface area contributed by atoms with Gasteiger partial charge in [0.05, 0.1) is 5.69 Å². The Morgan fingerprint density at radius 2 is 1.46 bits per heavy atom. The lowest BCUT2D eigenvalue weighted by Gasteiger charge is -2.32. The van der Waals surface area contributed by atoms with E-state index in [0.29, 0.717) is 21.4 Å². The number of anilines is 1. The van der Waals surface area contributed by atoms with E-state index < -0.39 is 35.0 Å². The lowest BCUT2D eigenvalue weighted by atomic mass is 10.0. The predicted molar refractivity (Wildman–Crippen MR) is 84.8 cm³/mol. The second-order valence-corrected chi connectivity index (χ2v) is 6.99. The molecule has 28 heavy (non-hydrogen) atoms. The minimum atomic E-state index is -7.15. The van der Waals surface area contributed by atoms with E-state index in [2.05, 4.69) is 20.9 Å². The van der Waals surface area contributed by atoms with Gasteiger partial charge in [-0.1, -0.05) is 28.1 Å². The zero-order valence-electron chi connectivity index (χ0n) is 12.9. The number of carbonyl (C=O) groups excluding carboxylic acids is 1. The molecule has 1 aromatic heterocycles. The number of alkyl halides is 9. The van der Waals surface area contributed by atoms with Crippen LogP contribution in [0.4, 0.5) is 44.6 Å². The van der Waals surface area contributed by atoms with Crippen LogP contribution in [-0.4, -0.2) is 34.8 Å². The summed E-state index contributed by atoms with van der Waals surface area (Å²) in [6.07, 6.45) is -7.00. The first-order chi connectivity index (χ1) is 12.6. The summed E-state index contributed by atoms with van der Waals surface area (Å²) in [6.45, 7) is 0. The maximum atomic E-state index is 13.5. The van der Waals surface area contributed by atoms with Crippen molar-refractivity contribution in [2.24, 2.45) is 0 Å². The Kier molecular flexibility index (Phi) is 5.78. The van der Waals surface area contributed by atoms with Gasteiger partial charge in [0.15, 0.2) is 5.13 Å². The van der Waals surface area contributed by atoms with Gasteiger partial charge in [0.2, 0.25) is 0 Å². The average Bonchev–Trinajstić information content (AvgIpc) is 3.02. The summed E-state index contributed by atoms with van der Waals surface area (Å²) in [5, 5.41) is 1.66. The van der Waals surface area contributed by atoms with Crippen LogP contribution < -0.4 is 5.32 Å². The molecule has 2 rings (SSSR count). The van der Waals surface area contributed by atoms with Crippen molar-refractivity contribution in [2.45, 2.75) is 23.9 Å². The van der Waals surface area contributed by atoms with E-state index in [4.69, 9.17) is 0 Å². The zero-order chi connectivity index (χ0) is 21.5. The number of thiazole rings is 1. The Labute approximate surface area is 162 Å². The first kappa shape index (κ1) is 22.5. The first-order valence-electron chi connectivity index (χ1n) is 6.84. The third-order valence-electron chi connectivity index (χ3n) is 3.29. The van der Waals surface area contributed by atoms with E-state index in [1.165, 1.54) is 17.5 Å². The summed E-state index contributed by atoms with van der Waals surface area (Å²) < 4.78 is 116. The van der Waals surface area contributed by atoms with Crippen molar-refractivity contribution in [1.82, 2.24) is 4.98 Å². The predicted octanol–water partition coefficient (Wildman–Crippen LogP) is 5.98. The van der Waals surface area contributed by atoms with Crippen molar-refractivity contribution in [2.75, 3.05) is 5.32 Å². The van der Waals surface area contributed by atoms with Gasteiger partial charge < -0.3 is 0 Å². The van der Waals surface area contributed by atoms with Gasteiger partial charge in [-0.2, -0.15) is 39.5 Å². The minimum absolute atomic E-state index is 0.114. The SMILES string of the molecule is O=C(Nc1nc(-c2ccc(Br)cc2)cs1)C(F)(F)C(F)(F)C(F)(F)C(F)(F)F. The lowest BCUT2D eigenvalue weighted by Crippen LogP contribution is -2.64. The summed E-state index contributed by atoms with van der Waals surface area (Å²) in [6, 6.07) is 6.22. The van der Waals surface area contributed by atoms with Gasteiger partial charge in [0.25, 0.3) is 0 Å². The lowest BCUT2D eigenvalue weighted by molar-refractivity contribution is -0.388. The van der Waals surface area contributed by atoms with Crippen molar-refractivity contribution in [3.05, 3.63) is 34.1 Å². The molecule has 0 unspecified atom stereocenters. The van der Waals surface area contributed by atoms with Gasteiger partial charge in [0.1, 0.15) is 0 Å². The van der Waals surface area contributed by atoms with Crippen molar-refractivity contribution in [3.8, 4) is 11.3 Å². The number of nitrogens with zero attached hydrogens (tertiary/aromatic N) is 1. The van der Waals surface area contributed by atoms with Gasteiger partial charge in [-0.3, -0.25) is 10.1 Å². The van der Waals surface area contributed by atoms with E-state index in [0.717, 1.165) is 5.32 Å². The quantitative estimate of drug-likeness (QED) is 0.513. The largest absolute Gasteiger partial charge is 0.460 e. The summed E-state index contributed by atoms with van der Waals surface area (Å²) in [7, 11) is 0. The highest BCUT2D eigenvalue weighted by Gasteiger charge is 2.83. The molecule has 154 valence electrons. The molecule has 0 aliphatic carbocycles. The van der Waals surface area contributed by atoms with Crippen LogP contribution >= 0.6 is 27.3 Å². The molecular weight excluding hydrogens is 495 g/mol. The second kappa shape index (κ2) is 7.21. The highest BCUT2D eigenvalue weighted by Crippen LogP contribution is 2.53. The number of aromatic nitrogens is 1. The summed E-state index contributed by atoms with van der Waals surface area (Å²) >= 11 is 3.63. The maximum Gasteiger partial charge on any atom is 0.460 e. The smallest absolute Gasteiger partial charge is 0.296 e. The Morgan fingerprint density at radius 3 is 1.96 bits per heavy atom. The summed E-state index contributed by atoms with van der Waals surface area (Å²) in [4.78, 5) is 15.0. The number of halogens is 10. The molecule has 0 fully saturated rings. The van der Waals surface area contributed by atoms with Crippen molar-refractivity contribution in [3.63, 3.8) is 0 Å². The fraction of sp³-hybridized carbons (Fsp3) is 0.286. The topological polar surface area (TPSA) is 42.0 Å². The van der Waals surface area contributed by atoms with E-state index >= 15 is 0 Å². The van der Waals surface area contributed by atoms with Gasteiger partial charge >= 0.3 is 29.9 Å². The summed E-state index contributed by atoms with van der Waals surface area (Å²) in [5.41, 5.74) is 0.546. The fourth-order valence-corrected chi connectivity index (χ4v) is 2.76. The van der Waals surface area contributed by atoms with Gasteiger partial charge in [-0.15, -0.1) is 11.3 Å². The van der Waals surface area contributed by atoms with Crippen LogP contribution in [0.5, 0.6) is 0 Å². The molecule has 0 radical (unpaired) electrons. The molecule has 3 nitrogen and oxygen atoms in total. The number of hydrogen-bond acceptors (Lipinski definition) is 3. The van der Waals surface area contributed by atoms with E-state index in [9.17, 15) is 44.3 Å². The number of amides is 1. The molecule has 1 amide bonds. The van der Waals surface area contributed by atoms with Crippen molar-refractivity contribution in [1.29, 1.82) is 0 Å². The molecule has 2 aromatic rings. The Balaban J connectivity index is 2.25. The fourth-order valence-electron chi connectivity index (χ4n) is 1.78. The molecule has 14 heteroatoms. The average molecular weight is 501 g/mol. The molecule has 0 atom stereocenters. The molecular formula is C14H6BrF9N2OS. The van der Waals surface area contributed by atoms with E-state index in [1.54, 1.807) is 12.1 Å². The highest BCUT2D eigenvalue weighted by molar-refractivity contribution is 9.10. The Morgan fingerprint density at radius 1 is 0.929 bits per heavy atom. The van der Waals surface area contributed by atoms with Crippen LogP contribution in [0.25, 0.3) is 11.3 Å². The maximum absolute atomic E-state index is 13.5. The summed E-state index contributed by atoms with van der Waals surface area (Å²) in [5.74, 6) is -23.6. The van der Waals surface area contributed by atoms with Crippen molar-refractivity contribution >= 4 is 38.3 Å². The highest BCUT2D eigenvalue weighted by atomic mass is 79.9. The third-order valence-corrected chi connectivity index (χ3v) is 4.58. The van der Waals surface area contributed by atoms with Gasteiger partial charge in [-0.05, 0) is 12.1 Å². The number of carbonyl (C=O) groups is 1. The molecule has 0 bridgehead atoms. The van der Waals surface area contributed by atoms with E-state index in [1.807, 2.05) is 0 Å². The van der Waals surface area contributed by atoms with Crippen LogP contribution in [-0.2, 0) is 4.79 Å². The molecule has 1 aromatic carbocycles. The number of benzene rings is 1. The number of rotatable bonds is 5. The zero-order valence-corrected chi connectivity index (χ0v) is 15.3. The number of hydrogen-bond donors (Lipinski definition) is 1. The monoisotopic (exact) mass is 500 g/mol. The van der Waals surface area contributed by atoms with Crippen LogP contribution in [0.3, 0.4) is 0 Å². The van der Waals surface area contributed by atoms with Gasteiger partial charge in [-0.25, -0.2) is 4.98 Å². The number of nitrogens with one attached hydrogen (secondary N) is 1. The van der Waals surface area contributed by atoms with Gasteiger partial charge in [0, 0.05) is 15.4 Å². The molecule has 0 spiro atoms. The van der Waals surface area contributed by atoms with Crippen LogP contribution in [0.2, 0.25) is 0 Å².